The summed E-state index contributed by atoms with van der Waals surface area (Å²) in [6, 6.07) is 13.6. The third-order valence-corrected chi connectivity index (χ3v) is 5.70. The topological polar surface area (TPSA) is 0 Å². The van der Waals surface area contributed by atoms with Crippen LogP contribution in [0.1, 0.15) is 41.5 Å². The van der Waals surface area contributed by atoms with Crippen LogP contribution in [0.3, 0.4) is 0 Å². The Morgan fingerprint density at radius 3 is 2.18 bits per heavy atom. The summed E-state index contributed by atoms with van der Waals surface area (Å²) in [6.07, 6.45) is 3.09. The molecule has 0 saturated carbocycles. The van der Waals surface area contributed by atoms with Gasteiger partial charge in [0.25, 0.3) is 0 Å². The van der Waals surface area contributed by atoms with Crippen LogP contribution in [0, 0.1) is 23.3 Å². The number of rotatable bonds is 3. The minimum Gasteiger partial charge on any atom is -0.206 e. The molecule has 1 aliphatic rings. The second-order valence-corrected chi connectivity index (χ2v) is 7.35. The molecule has 0 bridgehead atoms. The van der Waals surface area contributed by atoms with Crippen molar-refractivity contribution in [3.63, 3.8) is 0 Å². The molecule has 1 unspecified atom stereocenters. The fraction of sp³-hybridized carbons (Fsp3) is 0.250. The quantitative estimate of drug-likeness (QED) is 0.346. The lowest BCUT2D eigenvalue weighted by atomic mass is 9.79. The van der Waals surface area contributed by atoms with Crippen LogP contribution in [0.2, 0.25) is 0 Å². The summed E-state index contributed by atoms with van der Waals surface area (Å²) in [6.45, 7) is 2.12. The molecule has 0 aliphatic heterocycles. The molecule has 0 N–H and O–H groups in total. The Balaban J connectivity index is 1.65. The van der Waals surface area contributed by atoms with Gasteiger partial charge in [-0.3, -0.25) is 0 Å². The van der Waals surface area contributed by atoms with Gasteiger partial charge < -0.3 is 0 Å². The van der Waals surface area contributed by atoms with Crippen molar-refractivity contribution in [1.82, 2.24) is 0 Å². The van der Waals surface area contributed by atoms with Crippen LogP contribution in [-0.4, -0.2) is 0 Å². The smallest absolute Gasteiger partial charge is 0.194 e. The van der Waals surface area contributed by atoms with Gasteiger partial charge >= 0.3 is 0 Å². The van der Waals surface area contributed by atoms with Gasteiger partial charge in [-0.1, -0.05) is 43.3 Å². The molecule has 3 aromatic carbocycles. The van der Waals surface area contributed by atoms with Crippen LogP contribution in [-0.2, 0) is 19.3 Å². The van der Waals surface area contributed by atoms with Crippen LogP contribution in [0.25, 0.3) is 11.1 Å². The van der Waals surface area contributed by atoms with E-state index in [4.69, 9.17) is 0 Å². The molecule has 28 heavy (non-hydrogen) atoms. The maximum atomic E-state index is 15.1. The summed E-state index contributed by atoms with van der Waals surface area (Å²) in [5, 5.41) is 0. The monoisotopic (exact) mass is 384 g/mol. The standard InChI is InChI=1S/C24H20F4/c1-2-14-3-5-15(6-4-14)16-7-9-19-17(11-16)8-10-20(23(19)27)18-12-21(25)24(28)22(26)13-18/h3-6,8,10,12-13,16H,2,7,9,11H2,1H3. The molecule has 4 rings (SSSR count). The first-order valence-corrected chi connectivity index (χ1v) is 9.52. The SMILES string of the molecule is CCc1ccc(C2CCc3c(ccc(-c4cc(F)c(F)c(F)c4)c3F)C2)cc1. The van der Waals surface area contributed by atoms with E-state index in [9.17, 15) is 13.2 Å². The molecule has 0 radical (unpaired) electrons. The van der Waals surface area contributed by atoms with Crippen LogP contribution < -0.4 is 0 Å². The lowest BCUT2D eigenvalue weighted by Gasteiger charge is -2.26. The lowest BCUT2D eigenvalue weighted by Crippen LogP contribution is -2.15. The fourth-order valence-corrected chi connectivity index (χ4v) is 4.05. The minimum absolute atomic E-state index is 0.00831. The number of halogens is 4. The molecule has 0 saturated heterocycles. The summed E-state index contributed by atoms with van der Waals surface area (Å²) in [4.78, 5) is 0. The highest BCUT2D eigenvalue weighted by Crippen LogP contribution is 2.37. The third kappa shape index (κ3) is 3.32. The normalized spacial score (nSPS) is 16.1. The Kier molecular flexibility index (Phi) is 4.96. The van der Waals surface area contributed by atoms with E-state index in [1.807, 2.05) is 6.07 Å². The molecule has 1 aliphatic carbocycles. The van der Waals surface area contributed by atoms with Crippen molar-refractivity contribution in [2.24, 2.45) is 0 Å². The van der Waals surface area contributed by atoms with Gasteiger partial charge in [-0.05, 0) is 71.6 Å². The zero-order valence-electron chi connectivity index (χ0n) is 15.5. The van der Waals surface area contributed by atoms with Crippen molar-refractivity contribution < 1.29 is 17.6 Å². The van der Waals surface area contributed by atoms with Crippen molar-refractivity contribution in [3.8, 4) is 11.1 Å². The number of hydrogen-bond acceptors (Lipinski definition) is 0. The molecule has 0 heterocycles. The Morgan fingerprint density at radius 1 is 0.857 bits per heavy atom. The van der Waals surface area contributed by atoms with Crippen molar-refractivity contribution in [2.75, 3.05) is 0 Å². The average Bonchev–Trinajstić information content (AvgIpc) is 2.72. The van der Waals surface area contributed by atoms with Crippen molar-refractivity contribution >= 4 is 0 Å². The molecule has 4 heteroatoms. The van der Waals surface area contributed by atoms with E-state index < -0.39 is 23.3 Å². The molecule has 0 fully saturated rings. The summed E-state index contributed by atoms with van der Waals surface area (Å²) in [5.41, 5.74) is 4.14. The van der Waals surface area contributed by atoms with Crippen LogP contribution in [0.5, 0.6) is 0 Å². The lowest BCUT2D eigenvalue weighted by molar-refractivity contribution is 0.447. The average molecular weight is 384 g/mol. The fourth-order valence-electron chi connectivity index (χ4n) is 4.05. The predicted octanol–water partition coefficient (Wildman–Crippen LogP) is 6.74. The zero-order chi connectivity index (χ0) is 19.8. The first-order chi connectivity index (χ1) is 13.5. The number of hydrogen-bond donors (Lipinski definition) is 0. The number of benzene rings is 3. The number of aryl methyl sites for hydroxylation is 1. The highest BCUT2D eigenvalue weighted by Gasteiger charge is 2.25. The molecule has 144 valence electrons. The van der Waals surface area contributed by atoms with E-state index in [0.29, 0.717) is 17.9 Å². The van der Waals surface area contributed by atoms with E-state index in [0.717, 1.165) is 37.0 Å². The van der Waals surface area contributed by atoms with Crippen LogP contribution in [0.4, 0.5) is 17.6 Å². The van der Waals surface area contributed by atoms with Gasteiger partial charge in [0, 0.05) is 5.56 Å². The largest absolute Gasteiger partial charge is 0.206 e. The van der Waals surface area contributed by atoms with E-state index >= 15 is 4.39 Å². The van der Waals surface area contributed by atoms with Gasteiger partial charge in [-0.25, -0.2) is 17.6 Å². The van der Waals surface area contributed by atoms with Crippen molar-refractivity contribution in [3.05, 3.63) is 94.1 Å². The van der Waals surface area contributed by atoms with E-state index in [1.165, 1.54) is 17.2 Å². The van der Waals surface area contributed by atoms with Gasteiger partial charge in [0.1, 0.15) is 5.82 Å². The van der Waals surface area contributed by atoms with Gasteiger partial charge in [-0.2, -0.15) is 0 Å². The van der Waals surface area contributed by atoms with Gasteiger partial charge in [0.15, 0.2) is 17.5 Å². The Hall–Kier alpha value is -2.62. The zero-order valence-corrected chi connectivity index (χ0v) is 15.5. The minimum atomic E-state index is -1.54. The highest BCUT2D eigenvalue weighted by atomic mass is 19.2. The molecule has 0 aromatic heterocycles. The molecule has 0 amide bonds. The molecule has 1 atom stereocenters. The highest BCUT2D eigenvalue weighted by molar-refractivity contribution is 5.66. The Morgan fingerprint density at radius 2 is 1.54 bits per heavy atom. The Labute approximate surface area is 161 Å². The predicted molar refractivity (Wildman–Crippen MR) is 102 cm³/mol. The second-order valence-electron chi connectivity index (χ2n) is 7.35. The molecule has 3 aromatic rings. The summed E-state index contributed by atoms with van der Waals surface area (Å²) < 4.78 is 55.4. The molecular weight excluding hydrogens is 364 g/mol. The maximum Gasteiger partial charge on any atom is 0.194 e. The molecular formula is C24H20F4. The second kappa shape index (κ2) is 7.42. The molecule has 0 nitrogen and oxygen atoms in total. The summed E-state index contributed by atoms with van der Waals surface area (Å²) >= 11 is 0. The summed E-state index contributed by atoms with van der Waals surface area (Å²) in [5.74, 6) is -4.32. The molecule has 0 spiro atoms. The first-order valence-electron chi connectivity index (χ1n) is 9.52. The van der Waals surface area contributed by atoms with Gasteiger partial charge in [0.05, 0.1) is 0 Å². The maximum absolute atomic E-state index is 15.1. The van der Waals surface area contributed by atoms with E-state index in [2.05, 4.69) is 31.2 Å². The van der Waals surface area contributed by atoms with E-state index in [-0.39, 0.29) is 11.1 Å². The van der Waals surface area contributed by atoms with Crippen molar-refractivity contribution in [1.29, 1.82) is 0 Å². The first kappa shape index (κ1) is 18.7. The number of fused-ring (bicyclic) bond motifs is 1. The van der Waals surface area contributed by atoms with E-state index in [1.54, 1.807) is 0 Å². The summed E-state index contributed by atoms with van der Waals surface area (Å²) in [7, 11) is 0. The van der Waals surface area contributed by atoms with Crippen molar-refractivity contribution in [2.45, 2.75) is 38.5 Å². The van der Waals surface area contributed by atoms with Crippen LogP contribution >= 0.6 is 0 Å². The van der Waals surface area contributed by atoms with Gasteiger partial charge in [-0.15, -0.1) is 0 Å². The van der Waals surface area contributed by atoms with Crippen LogP contribution in [0.15, 0.2) is 48.5 Å². The third-order valence-electron chi connectivity index (χ3n) is 5.70. The van der Waals surface area contributed by atoms with Gasteiger partial charge in [0.2, 0.25) is 0 Å². The Bertz CT molecular complexity index is 999.